The normalized spacial score (nSPS) is 12.3. The quantitative estimate of drug-likeness (QED) is 0.763. The molecule has 0 saturated carbocycles. The molecule has 0 aliphatic carbocycles. The minimum atomic E-state index is -0.546. The highest BCUT2D eigenvalue weighted by molar-refractivity contribution is 6.33. The Bertz CT molecular complexity index is 380. The van der Waals surface area contributed by atoms with E-state index in [1.54, 1.807) is 26.4 Å². The van der Waals surface area contributed by atoms with E-state index in [0.717, 1.165) is 24.8 Å². The number of ether oxygens (including phenoxy) is 2. The van der Waals surface area contributed by atoms with Gasteiger partial charge in [0.05, 0.1) is 20.3 Å². The molecule has 0 spiro atoms. The molecular weight excluding hydrogens is 252 g/mol. The van der Waals surface area contributed by atoms with Gasteiger partial charge in [0.1, 0.15) is 16.5 Å². The molecule has 1 rings (SSSR count). The summed E-state index contributed by atoms with van der Waals surface area (Å²) in [5.74, 6) is 1.05. The van der Waals surface area contributed by atoms with Crippen LogP contribution >= 0.6 is 11.6 Å². The molecule has 0 aliphatic heterocycles. The van der Waals surface area contributed by atoms with Crippen LogP contribution < -0.4 is 9.47 Å². The fourth-order valence-corrected chi connectivity index (χ4v) is 2.25. The van der Waals surface area contributed by atoms with Crippen LogP contribution in [-0.2, 0) is 0 Å². The van der Waals surface area contributed by atoms with E-state index in [1.807, 2.05) is 0 Å². The summed E-state index contributed by atoms with van der Waals surface area (Å²) in [7, 11) is 3.10. The van der Waals surface area contributed by atoms with Gasteiger partial charge in [0.15, 0.2) is 0 Å². The lowest BCUT2D eigenvalue weighted by Gasteiger charge is -2.17. The van der Waals surface area contributed by atoms with Crippen molar-refractivity contribution >= 4 is 11.6 Å². The summed E-state index contributed by atoms with van der Waals surface area (Å²) in [6.45, 7) is 2.14. The second-order valence-electron chi connectivity index (χ2n) is 4.22. The van der Waals surface area contributed by atoms with E-state index in [-0.39, 0.29) is 0 Å². The first kappa shape index (κ1) is 15.1. The van der Waals surface area contributed by atoms with Crippen LogP contribution in [-0.4, -0.2) is 19.3 Å². The number of halogens is 1. The third-order valence-corrected chi connectivity index (χ3v) is 3.31. The third kappa shape index (κ3) is 3.53. The molecule has 0 fully saturated rings. The highest BCUT2D eigenvalue weighted by atomic mass is 35.5. The average Bonchev–Trinajstić information content (AvgIpc) is 2.38. The van der Waals surface area contributed by atoms with Gasteiger partial charge in [-0.2, -0.15) is 0 Å². The lowest BCUT2D eigenvalue weighted by atomic mass is 10.0. The van der Waals surface area contributed by atoms with Crippen molar-refractivity contribution in [2.45, 2.75) is 38.7 Å². The molecule has 0 aliphatic rings. The van der Waals surface area contributed by atoms with E-state index in [2.05, 4.69) is 6.92 Å². The van der Waals surface area contributed by atoms with Gasteiger partial charge < -0.3 is 14.6 Å². The molecule has 18 heavy (non-hydrogen) atoms. The second kappa shape index (κ2) is 7.49. The van der Waals surface area contributed by atoms with Crippen molar-refractivity contribution in [3.05, 3.63) is 22.7 Å². The van der Waals surface area contributed by atoms with Gasteiger partial charge in [0, 0.05) is 5.56 Å². The molecule has 0 heterocycles. The second-order valence-corrected chi connectivity index (χ2v) is 4.59. The van der Waals surface area contributed by atoms with Gasteiger partial charge in [0.25, 0.3) is 0 Å². The van der Waals surface area contributed by atoms with Crippen molar-refractivity contribution in [2.75, 3.05) is 14.2 Å². The molecule has 0 saturated heterocycles. The summed E-state index contributed by atoms with van der Waals surface area (Å²) in [6, 6.07) is 3.56. The number of methoxy groups -OCH3 is 2. The van der Waals surface area contributed by atoms with E-state index in [4.69, 9.17) is 21.1 Å². The van der Waals surface area contributed by atoms with Gasteiger partial charge in [-0.1, -0.05) is 37.8 Å². The van der Waals surface area contributed by atoms with Gasteiger partial charge in [0.2, 0.25) is 0 Å². The Morgan fingerprint density at radius 3 is 2.50 bits per heavy atom. The van der Waals surface area contributed by atoms with E-state index in [0.29, 0.717) is 22.9 Å². The van der Waals surface area contributed by atoms with Crippen LogP contribution in [0.1, 0.15) is 44.3 Å². The highest BCUT2D eigenvalue weighted by Gasteiger charge is 2.18. The molecule has 0 radical (unpaired) electrons. The maximum absolute atomic E-state index is 10.2. The lowest BCUT2D eigenvalue weighted by molar-refractivity contribution is 0.159. The van der Waals surface area contributed by atoms with Crippen LogP contribution in [0.2, 0.25) is 5.02 Å². The molecule has 1 atom stereocenters. The lowest BCUT2D eigenvalue weighted by Crippen LogP contribution is -2.02. The standard InChI is InChI=1S/C14H21ClO3/c1-4-5-6-7-11(16)10-8-9-12(17-2)13(15)14(10)18-3/h8-9,11,16H,4-7H2,1-3H3. The molecule has 1 unspecified atom stereocenters. The zero-order valence-corrected chi connectivity index (χ0v) is 12.0. The maximum atomic E-state index is 10.2. The summed E-state index contributed by atoms with van der Waals surface area (Å²) in [6.07, 6.45) is 3.41. The average molecular weight is 273 g/mol. The number of aliphatic hydroxyl groups excluding tert-OH is 1. The van der Waals surface area contributed by atoms with Crippen LogP contribution in [0.15, 0.2) is 12.1 Å². The molecule has 4 heteroatoms. The Hall–Kier alpha value is -0.930. The molecular formula is C14H21ClO3. The summed E-state index contributed by atoms with van der Waals surface area (Å²) >= 11 is 6.16. The first-order valence-corrected chi connectivity index (χ1v) is 6.61. The van der Waals surface area contributed by atoms with Gasteiger partial charge >= 0.3 is 0 Å². The number of rotatable bonds is 7. The Morgan fingerprint density at radius 1 is 1.22 bits per heavy atom. The number of hydrogen-bond donors (Lipinski definition) is 1. The van der Waals surface area contributed by atoms with E-state index < -0.39 is 6.10 Å². The summed E-state index contributed by atoms with van der Waals surface area (Å²) in [5.41, 5.74) is 0.722. The van der Waals surface area contributed by atoms with Crippen LogP contribution in [0.25, 0.3) is 0 Å². The van der Waals surface area contributed by atoms with Crippen molar-refractivity contribution in [3.63, 3.8) is 0 Å². The molecule has 0 amide bonds. The van der Waals surface area contributed by atoms with E-state index in [1.165, 1.54) is 0 Å². The SMILES string of the molecule is CCCCCC(O)c1ccc(OC)c(Cl)c1OC. The van der Waals surface area contributed by atoms with Crippen LogP contribution in [0.5, 0.6) is 11.5 Å². The summed E-state index contributed by atoms with van der Waals surface area (Å²) in [4.78, 5) is 0. The maximum Gasteiger partial charge on any atom is 0.147 e. The van der Waals surface area contributed by atoms with Crippen LogP contribution in [0, 0.1) is 0 Å². The minimum absolute atomic E-state index is 0.409. The Balaban J connectivity index is 2.90. The predicted octanol–water partition coefficient (Wildman–Crippen LogP) is 3.97. The van der Waals surface area contributed by atoms with E-state index in [9.17, 15) is 5.11 Å². The third-order valence-electron chi connectivity index (χ3n) is 2.96. The van der Waals surface area contributed by atoms with Gasteiger partial charge in [-0.3, -0.25) is 0 Å². The molecule has 3 nitrogen and oxygen atoms in total. The molecule has 102 valence electrons. The molecule has 1 aromatic carbocycles. The van der Waals surface area contributed by atoms with Crippen molar-refractivity contribution < 1.29 is 14.6 Å². The van der Waals surface area contributed by atoms with Crippen molar-refractivity contribution in [1.82, 2.24) is 0 Å². The highest BCUT2D eigenvalue weighted by Crippen LogP contribution is 2.40. The van der Waals surface area contributed by atoms with Crippen LogP contribution in [0.4, 0.5) is 0 Å². The Morgan fingerprint density at radius 2 is 1.94 bits per heavy atom. The van der Waals surface area contributed by atoms with Crippen molar-refractivity contribution in [1.29, 1.82) is 0 Å². The first-order chi connectivity index (χ1) is 8.65. The fraction of sp³-hybridized carbons (Fsp3) is 0.571. The predicted molar refractivity (Wildman–Crippen MR) is 73.7 cm³/mol. The number of aliphatic hydroxyl groups is 1. The molecule has 1 aromatic rings. The van der Waals surface area contributed by atoms with Gasteiger partial charge in [-0.05, 0) is 18.6 Å². The smallest absolute Gasteiger partial charge is 0.147 e. The minimum Gasteiger partial charge on any atom is -0.495 e. The largest absolute Gasteiger partial charge is 0.495 e. The van der Waals surface area contributed by atoms with Gasteiger partial charge in [-0.15, -0.1) is 0 Å². The zero-order valence-electron chi connectivity index (χ0n) is 11.2. The zero-order chi connectivity index (χ0) is 13.5. The van der Waals surface area contributed by atoms with Gasteiger partial charge in [-0.25, -0.2) is 0 Å². The van der Waals surface area contributed by atoms with E-state index >= 15 is 0 Å². The monoisotopic (exact) mass is 272 g/mol. The molecule has 0 aromatic heterocycles. The summed E-state index contributed by atoms with van der Waals surface area (Å²) < 4.78 is 10.4. The first-order valence-electron chi connectivity index (χ1n) is 6.24. The summed E-state index contributed by atoms with van der Waals surface area (Å²) in [5, 5.41) is 10.6. The number of benzene rings is 1. The number of unbranched alkanes of at least 4 members (excludes halogenated alkanes) is 2. The van der Waals surface area contributed by atoms with Crippen LogP contribution in [0.3, 0.4) is 0 Å². The topological polar surface area (TPSA) is 38.7 Å². The fourth-order valence-electron chi connectivity index (χ4n) is 1.92. The van der Waals surface area contributed by atoms with Crippen molar-refractivity contribution in [3.8, 4) is 11.5 Å². The Kier molecular flexibility index (Phi) is 6.30. The molecule has 1 N–H and O–H groups in total. The molecule has 0 bridgehead atoms. The number of hydrogen-bond acceptors (Lipinski definition) is 3. The Labute approximate surface area is 114 Å². The van der Waals surface area contributed by atoms with Crippen molar-refractivity contribution in [2.24, 2.45) is 0 Å².